The van der Waals surface area contributed by atoms with Crippen LogP contribution in [-0.2, 0) is 0 Å². The van der Waals surface area contributed by atoms with E-state index in [1.807, 2.05) is 25.2 Å². The Labute approximate surface area is 155 Å². The molecule has 1 aromatic carbocycles. The molecule has 2 aromatic rings. The second-order valence-corrected chi connectivity index (χ2v) is 6.06. The molecule has 124 valence electrons. The summed E-state index contributed by atoms with van der Waals surface area (Å²) in [5, 5.41) is 11.1. The van der Waals surface area contributed by atoms with E-state index in [4.69, 9.17) is 4.74 Å². The summed E-state index contributed by atoms with van der Waals surface area (Å²) in [6.45, 7) is 1.71. The standard InChI is InChI=1S/C15H17N3O3S.HI/c1-18-7-3-6-16-15(18)22-13-10-8-9(21-2)4-5-11(10)17-12(13)14(19)20;/h4-5,8,17H,3,6-7H2,1-2H3,(H,19,20);1H. The number of nitrogens with zero attached hydrogens (tertiary/aromatic N) is 2. The summed E-state index contributed by atoms with van der Waals surface area (Å²) in [5.74, 6) is -0.277. The minimum Gasteiger partial charge on any atom is -0.497 e. The Hall–Kier alpha value is -1.42. The van der Waals surface area contributed by atoms with E-state index in [2.05, 4.69) is 14.9 Å². The first kappa shape index (κ1) is 17.9. The number of aromatic nitrogens is 1. The lowest BCUT2D eigenvalue weighted by atomic mass is 10.2. The van der Waals surface area contributed by atoms with Crippen molar-refractivity contribution in [3.63, 3.8) is 0 Å². The maximum absolute atomic E-state index is 11.5. The number of thioether (sulfide) groups is 1. The number of carbonyl (C=O) groups is 1. The van der Waals surface area contributed by atoms with Gasteiger partial charge in [-0.3, -0.25) is 4.99 Å². The molecule has 0 fully saturated rings. The molecule has 0 aliphatic carbocycles. The normalized spacial score (nSPS) is 14.3. The highest BCUT2D eigenvalue weighted by Crippen LogP contribution is 2.35. The minimum atomic E-state index is -0.975. The maximum atomic E-state index is 11.5. The Bertz CT molecular complexity index is 760. The molecule has 0 amide bonds. The second-order valence-electron chi connectivity index (χ2n) is 5.09. The number of H-pyrrole nitrogens is 1. The number of hydrogen-bond donors (Lipinski definition) is 2. The third kappa shape index (κ3) is 3.57. The fraction of sp³-hybridized carbons (Fsp3) is 0.333. The molecule has 0 bridgehead atoms. The Kier molecular flexibility index (Phi) is 5.79. The molecule has 0 radical (unpaired) electrons. The lowest BCUT2D eigenvalue weighted by Crippen LogP contribution is -2.29. The van der Waals surface area contributed by atoms with Gasteiger partial charge in [0.05, 0.1) is 12.0 Å². The van der Waals surface area contributed by atoms with Crippen molar-refractivity contribution in [3.05, 3.63) is 23.9 Å². The van der Waals surface area contributed by atoms with Crippen molar-refractivity contribution in [2.45, 2.75) is 11.3 Å². The number of carboxylic acids is 1. The van der Waals surface area contributed by atoms with E-state index in [0.717, 1.165) is 35.6 Å². The van der Waals surface area contributed by atoms with Gasteiger partial charge in [-0.1, -0.05) is 0 Å². The van der Waals surface area contributed by atoms with Crippen LogP contribution < -0.4 is 4.74 Å². The first-order chi connectivity index (χ1) is 10.6. The van der Waals surface area contributed by atoms with Crippen molar-refractivity contribution in [2.24, 2.45) is 4.99 Å². The van der Waals surface area contributed by atoms with Crippen LogP contribution in [0.3, 0.4) is 0 Å². The van der Waals surface area contributed by atoms with Crippen LogP contribution in [0.2, 0.25) is 0 Å². The molecule has 23 heavy (non-hydrogen) atoms. The third-order valence-corrected chi connectivity index (χ3v) is 4.84. The fourth-order valence-corrected chi connectivity index (χ4v) is 3.54. The summed E-state index contributed by atoms with van der Waals surface area (Å²) in [6.07, 6.45) is 1.02. The SMILES string of the molecule is COc1ccc2[nH]c(C(=O)O)c(SC3=NCCCN3C)c2c1.I. The molecule has 1 aromatic heterocycles. The zero-order chi connectivity index (χ0) is 15.7. The van der Waals surface area contributed by atoms with Crippen LogP contribution in [0.5, 0.6) is 5.75 Å². The van der Waals surface area contributed by atoms with Crippen LogP contribution in [-0.4, -0.2) is 53.4 Å². The van der Waals surface area contributed by atoms with E-state index < -0.39 is 5.97 Å². The summed E-state index contributed by atoms with van der Waals surface area (Å²) in [6, 6.07) is 5.49. The van der Waals surface area contributed by atoms with E-state index in [9.17, 15) is 9.90 Å². The van der Waals surface area contributed by atoms with E-state index in [-0.39, 0.29) is 29.7 Å². The van der Waals surface area contributed by atoms with Crippen LogP contribution in [0.25, 0.3) is 10.9 Å². The number of hydrogen-bond acceptors (Lipinski definition) is 5. The Morgan fingerprint density at radius 2 is 2.26 bits per heavy atom. The van der Waals surface area contributed by atoms with Crippen molar-refractivity contribution in [1.29, 1.82) is 0 Å². The van der Waals surface area contributed by atoms with Gasteiger partial charge in [-0.15, -0.1) is 24.0 Å². The predicted molar refractivity (Wildman–Crippen MR) is 103 cm³/mol. The summed E-state index contributed by atoms with van der Waals surface area (Å²) in [4.78, 5) is 21.7. The lowest BCUT2D eigenvalue weighted by molar-refractivity contribution is 0.0688. The number of aromatic amines is 1. The zero-order valence-corrected chi connectivity index (χ0v) is 16.0. The fourth-order valence-electron chi connectivity index (χ4n) is 2.43. The Morgan fingerprint density at radius 3 is 2.91 bits per heavy atom. The molecule has 6 nitrogen and oxygen atoms in total. The van der Waals surface area contributed by atoms with Gasteiger partial charge < -0.3 is 19.7 Å². The number of amidine groups is 1. The lowest BCUT2D eigenvalue weighted by Gasteiger charge is -2.24. The number of aliphatic imine (C=N–C) groups is 1. The first-order valence-corrected chi connectivity index (χ1v) is 7.78. The van der Waals surface area contributed by atoms with Crippen LogP contribution >= 0.6 is 35.7 Å². The summed E-state index contributed by atoms with van der Waals surface area (Å²) < 4.78 is 5.25. The number of benzene rings is 1. The summed E-state index contributed by atoms with van der Waals surface area (Å²) in [5.41, 5.74) is 0.967. The maximum Gasteiger partial charge on any atom is 0.353 e. The van der Waals surface area contributed by atoms with Crippen LogP contribution in [0, 0.1) is 0 Å². The molecule has 2 N–H and O–H groups in total. The van der Waals surface area contributed by atoms with Gasteiger partial charge in [0.25, 0.3) is 0 Å². The highest BCUT2D eigenvalue weighted by Gasteiger charge is 2.22. The van der Waals surface area contributed by atoms with E-state index in [1.165, 1.54) is 11.8 Å². The second kappa shape index (κ2) is 7.43. The average molecular weight is 447 g/mol. The molecule has 3 rings (SSSR count). The molecule has 1 aliphatic heterocycles. The zero-order valence-electron chi connectivity index (χ0n) is 12.8. The molecule has 0 unspecified atom stereocenters. The number of nitrogens with one attached hydrogen (secondary N) is 1. The van der Waals surface area contributed by atoms with E-state index in [0.29, 0.717) is 10.6 Å². The molecular formula is C15H18IN3O3S. The molecule has 2 heterocycles. The van der Waals surface area contributed by atoms with Crippen molar-refractivity contribution in [1.82, 2.24) is 9.88 Å². The van der Waals surface area contributed by atoms with Gasteiger partial charge in [0.15, 0.2) is 5.17 Å². The highest BCUT2D eigenvalue weighted by atomic mass is 127. The third-order valence-electron chi connectivity index (χ3n) is 3.59. The largest absolute Gasteiger partial charge is 0.497 e. The minimum absolute atomic E-state index is 0. The van der Waals surface area contributed by atoms with Crippen molar-refractivity contribution in [2.75, 3.05) is 27.2 Å². The number of halogens is 1. The summed E-state index contributed by atoms with van der Waals surface area (Å²) in [7, 11) is 3.57. The van der Waals surface area contributed by atoms with E-state index >= 15 is 0 Å². The van der Waals surface area contributed by atoms with E-state index in [1.54, 1.807) is 7.11 Å². The Balaban J connectivity index is 0.00000192. The van der Waals surface area contributed by atoms with Crippen LogP contribution in [0.1, 0.15) is 16.9 Å². The molecule has 8 heteroatoms. The molecular weight excluding hydrogens is 429 g/mol. The number of aromatic carboxylic acids is 1. The topological polar surface area (TPSA) is 77.9 Å². The van der Waals surface area contributed by atoms with Crippen LogP contribution in [0.15, 0.2) is 28.1 Å². The smallest absolute Gasteiger partial charge is 0.353 e. The number of ether oxygens (including phenoxy) is 1. The number of carboxylic acid groups (broad SMARTS) is 1. The van der Waals surface area contributed by atoms with Gasteiger partial charge in [0, 0.05) is 31.0 Å². The number of methoxy groups -OCH3 is 1. The first-order valence-electron chi connectivity index (χ1n) is 6.96. The Morgan fingerprint density at radius 1 is 1.48 bits per heavy atom. The van der Waals surface area contributed by atoms with Crippen LogP contribution in [0.4, 0.5) is 0 Å². The molecule has 0 saturated heterocycles. The van der Waals surface area contributed by atoms with Crippen molar-refractivity contribution < 1.29 is 14.6 Å². The van der Waals surface area contributed by atoms with Gasteiger partial charge >= 0.3 is 5.97 Å². The highest BCUT2D eigenvalue weighted by molar-refractivity contribution is 14.0. The molecule has 0 spiro atoms. The molecule has 0 saturated carbocycles. The van der Waals surface area contributed by atoms with Gasteiger partial charge in [-0.05, 0) is 36.4 Å². The number of fused-ring (bicyclic) bond motifs is 1. The van der Waals surface area contributed by atoms with Gasteiger partial charge in [-0.25, -0.2) is 4.79 Å². The van der Waals surface area contributed by atoms with Gasteiger partial charge in [0.2, 0.25) is 0 Å². The number of rotatable bonds is 3. The van der Waals surface area contributed by atoms with Crippen molar-refractivity contribution in [3.8, 4) is 5.75 Å². The molecule has 1 aliphatic rings. The quantitative estimate of drug-likeness (QED) is 0.707. The monoisotopic (exact) mass is 447 g/mol. The van der Waals surface area contributed by atoms with Crippen molar-refractivity contribution >= 4 is 57.8 Å². The van der Waals surface area contributed by atoms with Gasteiger partial charge in [-0.2, -0.15) is 0 Å². The van der Waals surface area contributed by atoms with Gasteiger partial charge in [0.1, 0.15) is 11.4 Å². The predicted octanol–water partition coefficient (Wildman–Crippen LogP) is 3.28. The average Bonchev–Trinajstić information content (AvgIpc) is 2.87. The summed E-state index contributed by atoms with van der Waals surface area (Å²) >= 11 is 1.39. The molecule has 0 atom stereocenters.